The van der Waals surface area contributed by atoms with Gasteiger partial charge in [-0.1, -0.05) is 29.8 Å². The van der Waals surface area contributed by atoms with Crippen molar-refractivity contribution in [2.75, 3.05) is 0 Å². The number of sulfone groups is 1. The maximum atomic E-state index is 12.5. The maximum Gasteiger partial charge on any atom is 0.216 e. The number of hydrogen-bond donors (Lipinski definition) is 0. The quantitative estimate of drug-likeness (QED) is 0.788. The number of rotatable bonds is 3. The molecule has 2 rings (SSSR count). The molecule has 0 saturated carbocycles. The van der Waals surface area contributed by atoms with E-state index in [1.54, 1.807) is 12.1 Å². The van der Waals surface area contributed by atoms with Gasteiger partial charge >= 0.3 is 0 Å². The van der Waals surface area contributed by atoms with E-state index in [1.807, 2.05) is 26.0 Å². The molecule has 112 valence electrons. The van der Waals surface area contributed by atoms with Crippen LogP contribution in [0.1, 0.15) is 16.7 Å². The van der Waals surface area contributed by atoms with Gasteiger partial charge in [-0.3, -0.25) is 0 Å². The first-order valence-electron chi connectivity index (χ1n) is 6.54. The standard InChI is InChI=1S/C17H14ClNO2S/c1-12-3-4-14(9-13(12)2)10-17(11-19)22(20,21)16-7-5-15(18)6-8-16/h3-10H,1-2H3/b17-10-. The van der Waals surface area contributed by atoms with Gasteiger partial charge in [0, 0.05) is 5.02 Å². The van der Waals surface area contributed by atoms with Gasteiger partial charge in [-0.25, -0.2) is 8.42 Å². The van der Waals surface area contributed by atoms with Crippen molar-refractivity contribution in [3.8, 4) is 6.07 Å². The van der Waals surface area contributed by atoms with Crippen LogP contribution in [0.5, 0.6) is 0 Å². The second kappa shape index (κ2) is 6.35. The minimum atomic E-state index is -3.85. The summed E-state index contributed by atoms with van der Waals surface area (Å²) in [6.45, 7) is 3.91. The molecule has 0 aliphatic carbocycles. The second-order valence-corrected chi connectivity index (χ2v) is 7.28. The highest BCUT2D eigenvalue weighted by atomic mass is 35.5. The number of halogens is 1. The van der Waals surface area contributed by atoms with Gasteiger partial charge in [-0.2, -0.15) is 5.26 Å². The summed E-state index contributed by atoms with van der Waals surface area (Å²) in [5.74, 6) is 0. The zero-order chi connectivity index (χ0) is 16.3. The monoisotopic (exact) mass is 331 g/mol. The van der Waals surface area contributed by atoms with E-state index in [9.17, 15) is 13.7 Å². The van der Waals surface area contributed by atoms with Crippen molar-refractivity contribution in [1.29, 1.82) is 5.26 Å². The van der Waals surface area contributed by atoms with Crippen LogP contribution < -0.4 is 0 Å². The van der Waals surface area contributed by atoms with Crippen molar-refractivity contribution in [3.63, 3.8) is 0 Å². The molecule has 0 aliphatic rings. The summed E-state index contributed by atoms with van der Waals surface area (Å²) in [4.78, 5) is -0.244. The minimum Gasteiger partial charge on any atom is -0.218 e. The third-order valence-electron chi connectivity index (χ3n) is 3.35. The van der Waals surface area contributed by atoms with Crippen molar-refractivity contribution in [1.82, 2.24) is 0 Å². The topological polar surface area (TPSA) is 57.9 Å². The zero-order valence-electron chi connectivity index (χ0n) is 12.2. The molecule has 0 saturated heterocycles. The fraction of sp³-hybridized carbons (Fsp3) is 0.118. The molecule has 0 atom stereocenters. The third-order valence-corrected chi connectivity index (χ3v) is 5.29. The summed E-state index contributed by atoms with van der Waals surface area (Å²) >= 11 is 5.76. The molecular formula is C17H14ClNO2S. The molecule has 0 N–H and O–H groups in total. The van der Waals surface area contributed by atoms with Crippen molar-refractivity contribution in [2.24, 2.45) is 0 Å². The molecule has 0 heterocycles. The Morgan fingerprint density at radius 3 is 2.27 bits per heavy atom. The first-order valence-corrected chi connectivity index (χ1v) is 8.40. The molecule has 0 unspecified atom stereocenters. The highest BCUT2D eigenvalue weighted by Gasteiger charge is 2.20. The molecule has 0 aromatic heterocycles. The fourth-order valence-corrected chi connectivity index (χ4v) is 3.20. The van der Waals surface area contributed by atoms with E-state index in [0.717, 1.165) is 11.1 Å². The maximum absolute atomic E-state index is 12.5. The van der Waals surface area contributed by atoms with Gasteiger partial charge in [0.05, 0.1) is 4.90 Å². The lowest BCUT2D eigenvalue weighted by Crippen LogP contribution is -2.03. The Morgan fingerprint density at radius 2 is 1.73 bits per heavy atom. The van der Waals surface area contributed by atoms with Gasteiger partial charge in [-0.15, -0.1) is 0 Å². The van der Waals surface area contributed by atoms with E-state index in [-0.39, 0.29) is 9.80 Å². The smallest absolute Gasteiger partial charge is 0.216 e. The Labute approximate surface area is 135 Å². The van der Waals surface area contributed by atoms with Gasteiger partial charge in [0.1, 0.15) is 11.0 Å². The number of hydrogen-bond acceptors (Lipinski definition) is 3. The average molecular weight is 332 g/mol. The summed E-state index contributed by atoms with van der Waals surface area (Å²) in [6.07, 6.45) is 1.39. The van der Waals surface area contributed by atoms with Gasteiger partial charge in [0.15, 0.2) is 0 Å². The summed E-state index contributed by atoms with van der Waals surface area (Å²) < 4.78 is 25.0. The Balaban J connectivity index is 2.51. The van der Waals surface area contributed by atoms with E-state index in [4.69, 9.17) is 11.6 Å². The van der Waals surface area contributed by atoms with Crippen molar-refractivity contribution >= 4 is 27.5 Å². The van der Waals surface area contributed by atoms with Gasteiger partial charge in [0.25, 0.3) is 0 Å². The van der Waals surface area contributed by atoms with Crippen LogP contribution in [0.4, 0.5) is 0 Å². The summed E-state index contributed by atoms with van der Waals surface area (Å²) in [7, 11) is -3.85. The van der Waals surface area contributed by atoms with Crippen molar-refractivity contribution in [2.45, 2.75) is 18.7 Å². The number of aryl methyl sites for hydroxylation is 2. The zero-order valence-corrected chi connectivity index (χ0v) is 13.7. The van der Waals surface area contributed by atoms with E-state index < -0.39 is 9.84 Å². The summed E-state index contributed by atoms with van der Waals surface area (Å²) in [5.41, 5.74) is 2.82. The third kappa shape index (κ3) is 3.38. The summed E-state index contributed by atoms with van der Waals surface area (Å²) in [5, 5.41) is 9.68. The molecule has 2 aromatic rings. The first kappa shape index (κ1) is 16.3. The van der Waals surface area contributed by atoms with Crippen molar-refractivity contribution in [3.05, 3.63) is 69.1 Å². The average Bonchev–Trinajstić information content (AvgIpc) is 2.48. The predicted octanol–water partition coefficient (Wildman–Crippen LogP) is 4.30. The normalized spacial score (nSPS) is 12.0. The van der Waals surface area contributed by atoms with Gasteiger partial charge < -0.3 is 0 Å². The van der Waals surface area contributed by atoms with E-state index >= 15 is 0 Å². The number of nitriles is 1. The van der Waals surface area contributed by atoms with E-state index in [1.165, 1.54) is 30.3 Å². The Kier molecular flexibility index (Phi) is 4.70. The molecule has 0 bridgehead atoms. The van der Waals surface area contributed by atoms with E-state index in [2.05, 4.69) is 0 Å². The van der Waals surface area contributed by atoms with Crippen LogP contribution >= 0.6 is 11.6 Å². The number of benzene rings is 2. The largest absolute Gasteiger partial charge is 0.218 e. The van der Waals surface area contributed by atoms with Gasteiger partial charge in [-0.05, 0) is 60.9 Å². The molecular weight excluding hydrogens is 318 g/mol. The van der Waals surface area contributed by atoms with Gasteiger partial charge in [0.2, 0.25) is 9.84 Å². The molecule has 0 amide bonds. The predicted molar refractivity (Wildman–Crippen MR) is 88.1 cm³/mol. The number of nitrogens with zero attached hydrogens (tertiary/aromatic N) is 1. The molecule has 0 radical (unpaired) electrons. The molecule has 2 aromatic carbocycles. The lowest BCUT2D eigenvalue weighted by atomic mass is 10.1. The van der Waals surface area contributed by atoms with Crippen LogP contribution in [0.3, 0.4) is 0 Å². The van der Waals surface area contributed by atoms with E-state index in [0.29, 0.717) is 10.6 Å². The molecule has 5 heteroatoms. The Morgan fingerprint density at radius 1 is 1.09 bits per heavy atom. The Hall–Kier alpha value is -2.09. The lowest BCUT2D eigenvalue weighted by Gasteiger charge is -2.05. The van der Waals surface area contributed by atoms with Crippen LogP contribution in [0.2, 0.25) is 5.02 Å². The Bertz CT molecular complexity index is 876. The van der Waals surface area contributed by atoms with Crippen LogP contribution in [-0.4, -0.2) is 8.42 Å². The SMILES string of the molecule is Cc1ccc(/C=C(/C#N)S(=O)(=O)c2ccc(Cl)cc2)cc1C. The van der Waals surface area contributed by atoms with Crippen LogP contribution in [0.15, 0.2) is 52.3 Å². The van der Waals surface area contributed by atoms with Crippen molar-refractivity contribution < 1.29 is 8.42 Å². The minimum absolute atomic E-state index is 0.0496. The second-order valence-electron chi connectivity index (χ2n) is 4.92. The number of allylic oxidation sites excluding steroid dienone is 1. The molecule has 0 aliphatic heterocycles. The fourth-order valence-electron chi connectivity index (χ4n) is 1.92. The molecule has 3 nitrogen and oxygen atoms in total. The van der Waals surface area contributed by atoms with Crippen LogP contribution in [0.25, 0.3) is 6.08 Å². The molecule has 0 fully saturated rings. The molecule has 22 heavy (non-hydrogen) atoms. The first-order chi connectivity index (χ1) is 10.3. The molecule has 0 spiro atoms. The summed E-state index contributed by atoms with van der Waals surface area (Å²) in [6, 6.07) is 13.1. The van der Waals surface area contributed by atoms with Crippen LogP contribution in [-0.2, 0) is 9.84 Å². The highest BCUT2D eigenvalue weighted by molar-refractivity contribution is 7.95. The highest BCUT2D eigenvalue weighted by Crippen LogP contribution is 2.23. The van der Waals surface area contributed by atoms with Crippen LogP contribution in [0, 0.1) is 25.2 Å². The lowest BCUT2D eigenvalue weighted by molar-refractivity contribution is 0.603.